The maximum atomic E-state index is 13.2. The number of aromatic nitrogens is 6. The molecule has 0 fully saturated rings. The normalized spacial score (nSPS) is 11.0. The lowest BCUT2D eigenvalue weighted by atomic mass is 10.2. The molecule has 1 N–H and O–H groups in total. The summed E-state index contributed by atoms with van der Waals surface area (Å²) in [6.45, 7) is 6.54. The third-order valence-corrected chi connectivity index (χ3v) is 5.71. The first-order valence-electron chi connectivity index (χ1n) is 11.7. The number of hydrogen-bond acceptors (Lipinski definition) is 7. The molecule has 5 rings (SSSR count). The highest BCUT2D eigenvalue weighted by atomic mass is 35.5. The van der Waals surface area contributed by atoms with Crippen LogP contribution in [0.4, 0.5) is 5.82 Å². The fourth-order valence-electron chi connectivity index (χ4n) is 3.93. The molecule has 11 heteroatoms. The van der Waals surface area contributed by atoms with Crippen LogP contribution in [0, 0.1) is 6.92 Å². The van der Waals surface area contributed by atoms with Crippen LogP contribution in [0.25, 0.3) is 22.5 Å². The van der Waals surface area contributed by atoms with E-state index >= 15 is 0 Å². The minimum absolute atomic E-state index is 0.329. The highest BCUT2D eigenvalue weighted by Gasteiger charge is 2.19. The lowest BCUT2D eigenvalue weighted by Gasteiger charge is -2.13. The van der Waals surface area contributed by atoms with E-state index in [1.54, 1.807) is 52.0 Å². The second-order valence-electron chi connectivity index (χ2n) is 8.04. The number of nitrogens with zero attached hydrogens (tertiary/aromatic N) is 6. The van der Waals surface area contributed by atoms with Crippen LogP contribution < -0.4 is 14.8 Å². The Kier molecular flexibility index (Phi) is 6.74. The summed E-state index contributed by atoms with van der Waals surface area (Å²) >= 11 is 6.17. The molecule has 0 radical (unpaired) electrons. The standard InChI is InChI=1S/C26H24ClN7O3/c1-4-36-21-10-9-17(12-22(21)37-5-2)26(35)31-23-11-16(3)32-34(23)25-20-14-30-33(24(20)28-15-29-25)19-8-6-7-18(27)13-19/h6-15H,4-5H2,1-3H3,(H,31,35). The summed E-state index contributed by atoms with van der Waals surface area (Å²) in [4.78, 5) is 22.1. The van der Waals surface area contributed by atoms with Crippen molar-refractivity contribution in [1.29, 1.82) is 0 Å². The topological polar surface area (TPSA) is 109 Å². The first-order chi connectivity index (χ1) is 18.0. The van der Waals surface area contributed by atoms with E-state index in [1.165, 1.54) is 6.33 Å². The first kappa shape index (κ1) is 24.3. The lowest BCUT2D eigenvalue weighted by Crippen LogP contribution is -2.16. The van der Waals surface area contributed by atoms with Gasteiger partial charge in [-0.2, -0.15) is 14.9 Å². The number of anilines is 1. The van der Waals surface area contributed by atoms with Crippen molar-refractivity contribution in [2.24, 2.45) is 0 Å². The van der Waals surface area contributed by atoms with Crippen LogP contribution in [0.5, 0.6) is 11.5 Å². The van der Waals surface area contributed by atoms with E-state index in [-0.39, 0.29) is 5.91 Å². The Morgan fingerprint density at radius 3 is 2.59 bits per heavy atom. The molecular weight excluding hydrogens is 494 g/mol. The summed E-state index contributed by atoms with van der Waals surface area (Å²) in [7, 11) is 0. The quantitative estimate of drug-likeness (QED) is 0.308. The van der Waals surface area contributed by atoms with Crippen LogP contribution in [0.15, 0.2) is 61.1 Å². The maximum absolute atomic E-state index is 13.2. The molecule has 1 amide bonds. The number of carbonyl (C=O) groups excluding carboxylic acids is 1. The largest absolute Gasteiger partial charge is 0.490 e. The van der Waals surface area contributed by atoms with E-state index in [4.69, 9.17) is 21.1 Å². The van der Waals surface area contributed by atoms with Crippen LogP contribution >= 0.6 is 11.6 Å². The van der Waals surface area contributed by atoms with E-state index in [1.807, 2.05) is 32.9 Å². The van der Waals surface area contributed by atoms with Crippen molar-refractivity contribution in [3.05, 3.63) is 77.3 Å². The molecule has 2 aromatic carbocycles. The van der Waals surface area contributed by atoms with E-state index in [0.717, 1.165) is 5.69 Å². The minimum Gasteiger partial charge on any atom is -0.490 e. The van der Waals surface area contributed by atoms with Gasteiger partial charge in [0.2, 0.25) is 0 Å². The van der Waals surface area contributed by atoms with Crippen molar-refractivity contribution >= 4 is 34.4 Å². The average molecular weight is 518 g/mol. The van der Waals surface area contributed by atoms with E-state index in [2.05, 4.69) is 25.5 Å². The van der Waals surface area contributed by atoms with Crippen molar-refractivity contribution in [3.8, 4) is 23.0 Å². The summed E-state index contributed by atoms with van der Waals surface area (Å²) in [6.07, 6.45) is 3.10. The summed E-state index contributed by atoms with van der Waals surface area (Å²) in [6, 6.07) is 14.2. The SMILES string of the molecule is CCOc1ccc(C(=O)Nc2cc(C)nn2-c2ncnc3c2cnn3-c2cccc(Cl)c2)cc1OCC. The highest BCUT2D eigenvalue weighted by Crippen LogP contribution is 2.30. The van der Waals surface area contributed by atoms with Gasteiger partial charge in [-0.1, -0.05) is 17.7 Å². The average Bonchev–Trinajstić information content (AvgIpc) is 3.48. The molecule has 0 bridgehead atoms. The number of fused-ring (bicyclic) bond motifs is 1. The van der Waals surface area contributed by atoms with Crippen LogP contribution in [0.2, 0.25) is 5.02 Å². The van der Waals surface area contributed by atoms with Gasteiger partial charge in [-0.15, -0.1) is 0 Å². The number of amides is 1. The molecule has 0 aliphatic rings. The van der Waals surface area contributed by atoms with E-state index in [9.17, 15) is 4.79 Å². The van der Waals surface area contributed by atoms with Crippen molar-refractivity contribution in [2.75, 3.05) is 18.5 Å². The third kappa shape index (κ3) is 4.83. The van der Waals surface area contributed by atoms with Gasteiger partial charge in [0.05, 0.1) is 36.2 Å². The van der Waals surface area contributed by atoms with Gasteiger partial charge in [0.25, 0.3) is 5.91 Å². The monoisotopic (exact) mass is 517 g/mol. The molecule has 3 aromatic heterocycles. The second kappa shape index (κ2) is 10.3. The Morgan fingerprint density at radius 2 is 1.81 bits per heavy atom. The summed E-state index contributed by atoms with van der Waals surface area (Å²) in [5, 5.41) is 13.2. The van der Waals surface area contributed by atoms with Crippen LogP contribution in [0.1, 0.15) is 29.9 Å². The molecule has 0 aliphatic heterocycles. The molecule has 0 saturated carbocycles. The minimum atomic E-state index is -0.329. The Bertz CT molecular complexity index is 1590. The van der Waals surface area contributed by atoms with Gasteiger partial charge in [0.1, 0.15) is 12.1 Å². The van der Waals surface area contributed by atoms with Crippen LogP contribution in [-0.2, 0) is 0 Å². The molecule has 10 nitrogen and oxygen atoms in total. The predicted octanol–water partition coefficient (Wildman–Crippen LogP) is 5.01. The molecule has 0 unspecified atom stereocenters. The van der Waals surface area contributed by atoms with Gasteiger partial charge in [-0.3, -0.25) is 4.79 Å². The number of halogens is 1. The molecule has 0 aliphatic carbocycles. The molecule has 3 heterocycles. The van der Waals surface area contributed by atoms with Crippen molar-refractivity contribution in [2.45, 2.75) is 20.8 Å². The molecule has 0 spiro atoms. The smallest absolute Gasteiger partial charge is 0.256 e. The molecule has 37 heavy (non-hydrogen) atoms. The number of rotatable bonds is 8. The Balaban J connectivity index is 1.50. The van der Waals surface area contributed by atoms with Gasteiger partial charge >= 0.3 is 0 Å². The number of ether oxygens (including phenoxy) is 2. The Labute approximate surface area is 217 Å². The number of aryl methyl sites for hydroxylation is 1. The summed E-state index contributed by atoms with van der Waals surface area (Å²) < 4.78 is 14.5. The van der Waals surface area contributed by atoms with E-state index in [0.29, 0.717) is 63.7 Å². The first-order valence-corrected chi connectivity index (χ1v) is 12.1. The van der Waals surface area contributed by atoms with Crippen molar-refractivity contribution in [1.82, 2.24) is 29.5 Å². The second-order valence-corrected chi connectivity index (χ2v) is 8.47. The maximum Gasteiger partial charge on any atom is 0.256 e. The summed E-state index contributed by atoms with van der Waals surface area (Å²) in [5.41, 5.74) is 2.45. The van der Waals surface area contributed by atoms with Gasteiger partial charge in [-0.05, 0) is 57.2 Å². The van der Waals surface area contributed by atoms with E-state index < -0.39 is 0 Å². The predicted molar refractivity (Wildman–Crippen MR) is 140 cm³/mol. The molecule has 0 atom stereocenters. The number of benzene rings is 2. The van der Waals surface area contributed by atoms with Crippen molar-refractivity contribution < 1.29 is 14.3 Å². The van der Waals surface area contributed by atoms with Gasteiger partial charge < -0.3 is 14.8 Å². The highest BCUT2D eigenvalue weighted by molar-refractivity contribution is 6.30. The molecular formula is C26H24ClN7O3. The van der Waals surface area contributed by atoms with Gasteiger partial charge in [0, 0.05) is 16.7 Å². The summed E-state index contributed by atoms with van der Waals surface area (Å²) in [5.74, 6) is 1.69. The zero-order chi connectivity index (χ0) is 25.9. The van der Waals surface area contributed by atoms with Gasteiger partial charge in [-0.25, -0.2) is 14.6 Å². The fourth-order valence-corrected chi connectivity index (χ4v) is 4.11. The van der Waals surface area contributed by atoms with Gasteiger partial charge in [0.15, 0.2) is 23.0 Å². The Morgan fingerprint density at radius 1 is 1.00 bits per heavy atom. The fraction of sp³-hybridized carbons (Fsp3) is 0.192. The zero-order valence-corrected chi connectivity index (χ0v) is 21.2. The van der Waals surface area contributed by atoms with Crippen molar-refractivity contribution in [3.63, 3.8) is 0 Å². The van der Waals surface area contributed by atoms with Crippen LogP contribution in [0.3, 0.4) is 0 Å². The number of carbonyl (C=O) groups is 1. The molecule has 0 saturated heterocycles. The number of hydrogen-bond donors (Lipinski definition) is 1. The third-order valence-electron chi connectivity index (χ3n) is 5.48. The van der Waals surface area contributed by atoms with Crippen LogP contribution in [-0.4, -0.2) is 48.6 Å². The lowest BCUT2D eigenvalue weighted by molar-refractivity contribution is 0.102. The zero-order valence-electron chi connectivity index (χ0n) is 20.5. The molecule has 188 valence electrons. The molecule has 5 aromatic rings. The Hall–Kier alpha value is -4.44. The number of nitrogens with one attached hydrogen (secondary N) is 1.